The van der Waals surface area contributed by atoms with Gasteiger partial charge in [0.15, 0.2) is 0 Å². The molecular weight excluding hydrogens is 242 g/mol. The summed E-state index contributed by atoms with van der Waals surface area (Å²) < 4.78 is 27.2. The highest BCUT2D eigenvalue weighted by Gasteiger charge is 2.10. The van der Waals surface area contributed by atoms with Crippen LogP contribution >= 0.6 is 0 Å². The zero-order chi connectivity index (χ0) is 12.9. The summed E-state index contributed by atoms with van der Waals surface area (Å²) in [7, 11) is -3.75. The summed E-state index contributed by atoms with van der Waals surface area (Å²) in [5, 5.41) is 5.06. The van der Waals surface area contributed by atoms with Crippen molar-refractivity contribution in [3.63, 3.8) is 0 Å². The Morgan fingerprint density at radius 3 is 2.65 bits per heavy atom. The lowest BCUT2D eigenvalue weighted by molar-refractivity contribution is -0.139. The van der Waals surface area contributed by atoms with Gasteiger partial charge in [-0.3, -0.25) is 4.79 Å². The van der Waals surface area contributed by atoms with E-state index in [2.05, 4.69) is 4.74 Å². The molecule has 1 aromatic carbocycles. The molecular formula is C11H13NO4S. The Balaban J connectivity index is 2.88. The van der Waals surface area contributed by atoms with E-state index in [9.17, 15) is 13.2 Å². The van der Waals surface area contributed by atoms with Crippen LogP contribution in [0.2, 0.25) is 0 Å². The summed E-state index contributed by atoms with van der Waals surface area (Å²) in [4.78, 5) is 10.6. The SMILES string of the molecule is CC(=O)OCC=Cc1ccccc1S(N)(=O)=O. The molecule has 2 N–H and O–H groups in total. The first kappa shape index (κ1) is 13.4. The minimum atomic E-state index is -3.75. The number of hydrogen-bond donors (Lipinski definition) is 1. The van der Waals surface area contributed by atoms with Gasteiger partial charge in [0, 0.05) is 6.92 Å². The second-order valence-corrected chi connectivity index (χ2v) is 4.82. The smallest absolute Gasteiger partial charge is 0.302 e. The molecule has 0 bridgehead atoms. The van der Waals surface area contributed by atoms with Crippen molar-refractivity contribution in [2.24, 2.45) is 5.14 Å². The normalized spacial score (nSPS) is 11.6. The summed E-state index contributed by atoms with van der Waals surface area (Å²) in [5.41, 5.74) is 0.460. The van der Waals surface area contributed by atoms with Crippen LogP contribution in [0, 0.1) is 0 Å². The number of carbonyl (C=O) groups excluding carboxylic acids is 1. The molecule has 0 radical (unpaired) electrons. The first-order valence-corrected chi connectivity index (χ1v) is 6.37. The molecule has 0 saturated carbocycles. The second kappa shape index (κ2) is 5.60. The Morgan fingerprint density at radius 1 is 1.41 bits per heavy atom. The summed E-state index contributed by atoms with van der Waals surface area (Å²) in [6.45, 7) is 1.39. The topological polar surface area (TPSA) is 86.5 Å². The Morgan fingerprint density at radius 2 is 2.06 bits per heavy atom. The van der Waals surface area contributed by atoms with Gasteiger partial charge in [-0.1, -0.05) is 24.3 Å². The van der Waals surface area contributed by atoms with Gasteiger partial charge in [-0.2, -0.15) is 0 Å². The zero-order valence-electron chi connectivity index (χ0n) is 9.29. The quantitative estimate of drug-likeness (QED) is 0.810. The van der Waals surface area contributed by atoms with Crippen LogP contribution in [0.15, 0.2) is 35.2 Å². The van der Waals surface area contributed by atoms with Gasteiger partial charge >= 0.3 is 5.97 Å². The number of hydrogen-bond acceptors (Lipinski definition) is 4. The lowest BCUT2D eigenvalue weighted by Gasteiger charge is -2.02. The fraction of sp³-hybridized carbons (Fsp3) is 0.182. The maximum absolute atomic E-state index is 11.3. The molecule has 0 aliphatic rings. The summed E-state index contributed by atoms with van der Waals surface area (Å²) >= 11 is 0. The average molecular weight is 255 g/mol. The van der Waals surface area contributed by atoms with E-state index in [1.165, 1.54) is 13.0 Å². The van der Waals surface area contributed by atoms with Gasteiger partial charge in [-0.25, -0.2) is 13.6 Å². The van der Waals surface area contributed by atoms with Gasteiger partial charge in [0.2, 0.25) is 10.0 Å². The van der Waals surface area contributed by atoms with Gasteiger partial charge in [0.1, 0.15) is 6.61 Å². The standard InChI is InChI=1S/C11H13NO4S/c1-9(13)16-8-4-6-10-5-2-3-7-11(10)17(12,14)15/h2-7H,8H2,1H3,(H2,12,14,15). The van der Waals surface area contributed by atoms with Crippen LogP contribution in [0.25, 0.3) is 6.08 Å². The van der Waals surface area contributed by atoms with Gasteiger partial charge in [0.25, 0.3) is 0 Å². The molecule has 0 fully saturated rings. The summed E-state index contributed by atoms with van der Waals surface area (Å²) in [6.07, 6.45) is 3.09. The highest BCUT2D eigenvalue weighted by molar-refractivity contribution is 7.89. The van der Waals surface area contributed by atoms with E-state index in [0.29, 0.717) is 5.56 Å². The minimum Gasteiger partial charge on any atom is -0.462 e. The predicted molar refractivity (Wildman–Crippen MR) is 63.5 cm³/mol. The third kappa shape index (κ3) is 4.38. The van der Waals surface area contributed by atoms with Crippen molar-refractivity contribution in [2.75, 3.05) is 6.61 Å². The minimum absolute atomic E-state index is 0.0408. The molecule has 6 heteroatoms. The molecule has 0 spiro atoms. The monoisotopic (exact) mass is 255 g/mol. The van der Waals surface area contributed by atoms with E-state index in [1.807, 2.05) is 0 Å². The van der Waals surface area contributed by atoms with E-state index >= 15 is 0 Å². The predicted octanol–water partition coefficient (Wildman–Crippen LogP) is 0.910. The number of ether oxygens (including phenoxy) is 1. The molecule has 0 saturated heterocycles. The molecule has 0 aliphatic carbocycles. The van der Waals surface area contributed by atoms with E-state index in [4.69, 9.17) is 5.14 Å². The molecule has 5 nitrogen and oxygen atoms in total. The largest absolute Gasteiger partial charge is 0.462 e. The fourth-order valence-electron chi connectivity index (χ4n) is 1.22. The zero-order valence-corrected chi connectivity index (χ0v) is 10.1. The molecule has 92 valence electrons. The van der Waals surface area contributed by atoms with Crippen molar-refractivity contribution in [1.82, 2.24) is 0 Å². The lowest BCUT2D eigenvalue weighted by Crippen LogP contribution is -2.13. The van der Waals surface area contributed by atoms with Crippen LogP contribution < -0.4 is 5.14 Å². The lowest BCUT2D eigenvalue weighted by atomic mass is 10.2. The number of nitrogens with two attached hydrogens (primary N) is 1. The molecule has 1 rings (SSSR count). The Bertz CT molecular complexity index is 534. The van der Waals surface area contributed by atoms with E-state index in [0.717, 1.165) is 0 Å². The Labute approximate surface area is 99.9 Å². The van der Waals surface area contributed by atoms with Crippen molar-refractivity contribution >= 4 is 22.1 Å². The van der Waals surface area contributed by atoms with Crippen LogP contribution in [0.1, 0.15) is 12.5 Å². The van der Waals surface area contributed by atoms with Gasteiger partial charge in [0.05, 0.1) is 4.90 Å². The first-order valence-electron chi connectivity index (χ1n) is 4.83. The van der Waals surface area contributed by atoms with Gasteiger partial charge in [-0.15, -0.1) is 0 Å². The molecule has 0 heterocycles. The molecule has 0 unspecified atom stereocenters. The Kier molecular flexibility index (Phi) is 4.42. The van der Waals surface area contributed by atoms with E-state index < -0.39 is 16.0 Å². The van der Waals surface area contributed by atoms with Crippen molar-refractivity contribution in [1.29, 1.82) is 0 Å². The van der Waals surface area contributed by atoms with Crippen molar-refractivity contribution in [3.05, 3.63) is 35.9 Å². The van der Waals surface area contributed by atoms with Crippen LogP contribution in [0.5, 0.6) is 0 Å². The first-order chi connectivity index (χ1) is 7.91. The number of esters is 1. The maximum atomic E-state index is 11.3. The van der Waals surface area contributed by atoms with Crippen LogP contribution in [0.3, 0.4) is 0 Å². The fourth-order valence-corrected chi connectivity index (χ4v) is 1.95. The third-order valence-corrected chi connectivity index (χ3v) is 2.89. The third-order valence-electron chi connectivity index (χ3n) is 1.91. The van der Waals surface area contributed by atoms with E-state index in [-0.39, 0.29) is 11.5 Å². The van der Waals surface area contributed by atoms with E-state index in [1.54, 1.807) is 30.4 Å². The van der Waals surface area contributed by atoms with Crippen LogP contribution in [-0.2, 0) is 19.6 Å². The number of primary sulfonamides is 1. The highest BCUT2D eigenvalue weighted by atomic mass is 32.2. The molecule has 0 aromatic heterocycles. The number of sulfonamides is 1. The maximum Gasteiger partial charge on any atom is 0.302 e. The second-order valence-electron chi connectivity index (χ2n) is 3.29. The Hall–Kier alpha value is -1.66. The number of rotatable bonds is 4. The molecule has 0 aliphatic heterocycles. The van der Waals surface area contributed by atoms with Gasteiger partial charge in [-0.05, 0) is 17.7 Å². The van der Waals surface area contributed by atoms with Crippen molar-refractivity contribution < 1.29 is 17.9 Å². The molecule has 0 amide bonds. The van der Waals surface area contributed by atoms with Crippen LogP contribution in [0.4, 0.5) is 0 Å². The average Bonchev–Trinajstić information content (AvgIpc) is 2.23. The summed E-state index contributed by atoms with van der Waals surface area (Å²) in [6, 6.07) is 6.31. The number of carbonyl (C=O) groups is 1. The molecule has 17 heavy (non-hydrogen) atoms. The van der Waals surface area contributed by atoms with Crippen molar-refractivity contribution in [2.45, 2.75) is 11.8 Å². The number of benzene rings is 1. The molecule has 0 atom stereocenters. The van der Waals surface area contributed by atoms with Crippen molar-refractivity contribution in [3.8, 4) is 0 Å². The highest BCUT2D eigenvalue weighted by Crippen LogP contribution is 2.14. The molecule has 1 aromatic rings. The van der Waals surface area contributed by atoms with Gasteiger partial charge < -0.3 is 4.74 Å². The van der Waals surface area contributed by atoms with Crippen LogP contribution in [-0.4, -0.2) is 21.0 Å². The summed E-state index contributed by atoms with van der Waals surface area (Å²) in [5.74, 6) is -0.394.